The van der Waals surface area contributed by atoms with Gasteiger partial charge in [-0.05, 0) is 113 Å². The average Bonchev–Trinajstić information content (AvgIpc) is 2.98. The molecule has 6 heteroatoms. The van der Waals surface area contributed by atoms with Crippen LogP contribution in [0.5, 0.6) is 5.75 Å². The number of aliphatic hydroxyl groups excluding tert-OH is 1. The molecule has 2 aromatic rings. The number of carbonyl (C=O) groups is 1. The van der Waals surface area contributed by atoms with Crippen LogP contribution in [0.4, 0.5) is 5.69 Å². The Morgan fingerprint density at radius 3 is 2.82 bits per heavy atom. The summed E-state index contributed by atoms with van der Waals surface area (Å²) in [6.45, 7) is 11.6. The third-order valence-corrected chi connectivity index (χ3v) is 8.74. The Morgan fingerprint density at radius 2 is 2.11 bits per heavy atom. The first-order valence-electron chi connectivity index (χ1n) is 13.9. The molecule has 38 heavy (non-hydrogen) atoms. The number of nitrogens with zero attached hydrogens (tertiary/aromatic N) is 1. The molecule has 2 aromatic carbocycles. The number of rotatable bonds is 6. The van der Waals surface area contributed by atoms with Gasteiger partial charge in [0.1, 0.15) is 11.4 Å². The SMILES string of the molecule is C=CCC(O)C1CCC1CN1CC2(CCCc3cc(Cl)ccc32)COc2ccc(C(=O)OC(C)(C)C)cc21. The van der Waals surface area contributed by atoms with Gasteiger partial charge in [-0.25, -0.2) is 4.79 Å². The predicted molar refractivity (Wildman–Crippen MR) is 152 cm³/mol. The molecular formula is C32H40ClNO4. The lowest BCUT2D eigenvalue weighted by Crippen LogP contribution is -2.49. The quantitative estimate of drug-likeness (QED) is 0.327. The summed E-state index contributed by atoms with van der Waals surface area (Å²) in [4.78, 5) is 15.4. The van der Waals surface area contributed by atoms with Crippen LogP contribution in [-0.2, 0) is 16.6 Å². The molecule has 1 heterocycles. The van der Waals surface area contributed by atoms with Crippen LogP contribution in [0.1, 0.15) is 74.4 Å². The fourth-order valence-electron chi connectivity index (χ4n) is 6.53. The van der Waals surface area contributed by atoms with Crippen molar-refractivity contribution in [3.05, 3.63) is 70.8 Å². The third-order valence-electron chi connectivity index (χ3n) is 8.51. The summed E-state index contributed by atoms with van der Waals surface area (Å²) in [5, 5.41) is 11.5. The Bertz CT molecular complexity index is 1200. The van der Waals surface area contributed by atoms with E-state index in [1.54, 1.807) is 12.1 Å². The maximum absolute atomic E-state index is 13.0. The van der Waals surface area contributed by atoms with Crippen molar-refractivity contribution in [3.63, 3.8) is 0 Å². The summed E-state index contributed by atoms with van der Waals surface area (Å²) in [6, 6.07) is 11.9. The molecule has 0 bridgehead atoms. The van der Waals surface area contributed by atoms with Crippen molar-refractivity contribution in [2.75, 3.05) is 24.6 Å². The van der Waals surface area contributed by atoms with E-state index in [0.717, 1.165) is 61.7 Å². The molecule has 3 aliphatic rings. The second-order valence-electron chi connectivity index (χ2n) is 12.4. The summed E-state index contributed by atoms with van der Waals surface area (Å²) >= 11 is 6.38. The second kappa shape index (κ2) is 10.6. The molecule has 0 radical (unpaired) electrons. The summed E-state index contributed by atoms with van der Waals surface area (Å²) in [7, 11) is 0. The smallest absolute Gasteiger partial charge is 0.338 e. The van der Waals surface area contributed by atoms with E-state index in [0.29, 0.717) is 24.5 Å². The molecule has 4 atom stereocenters. The van der Waals surface area contributed by atoms with Crippen LogP contribution in [-0.4, -0.2) is 42.5 Å². The zero-order valence-electron chi connectivity index (χ0n) is 22.8. The molecule has 0 amide bonds. The molecule has 5 rings (SSSR count). The lowest BCUT2D eigenvalue weighted by atomic mass is 9.68. The number of hydrogen-bond donors (Lipinski definition) is 1. The summed E-state index contributed by atoms with van der Waals surface area (Å²) in [5.74, 6) is 1.08. The number of esters is 1. The van der Waals surface area contributed by atoms with Gasteiger partial charge in [0.25, 0.3) is 0 Å². The fraction of sp³-hybridized carbons (Fsp3) is 0.531. The highest BCUT2D eigenvalue weighted by Crippen LogP contribution is 2.46. The van der Waals surface area contributed by atoms with Gasteiger partial charge in [0.2, 0.25) is 0 Å². The van der Waals surface area contributed by atoms with Crippen molar-refractivity contribution in [1.29, 1.82) is 0 Å². The van der Waals surface area contributed by atoms with Crippen LogP contribution in [0, 0.1) is 11.8 Å². The minimum Gasteiger partial charge on any atom is -0.490 e. The van der Waals surface area contributed by atoms with Gasteiger partial charge in [0.05, 0.1) is 24.0 Å². The van der Waals surface area contributed by atoms with E-state index in [1.165, 1.54) is 11.1 Å². The number of anilines is 1. The first-order chi connectivity index (χ1) is 18.1. The van der Waals surface area contributed by atoms with Gasteiger partial charge in [0, 0.05) is 23.5 Å². The van der Waals surface area contributed by atoms with Crippen molar-refractivity contribution in [3.8, 4) is 5.75 Å². The highest BCUT2D eigenvalue weighted by Gasteiger charge is 2.44. The molecule has 1 N–H and O–H groups in total. The standard InChI is InChI=1S/C32H40ClNO4/c1-5-7-28(35)25-12-9-23(25)18-34-19-32(15-6-8-21-16-24(33)11-13-26(21)32)20-37-29-14-10-22(17-27(29)34)30(36)38-31(2,3)4/h5,10-11,13-14,16-17,23,25,28,35H,1,6-9,12,15,18-20H2,2-4H3. The zero-order chi connectivity index (χ0) is 27.1. The zero-order valence-corrected chi connectivity index (χ0v) is 23.6. The highest BCUT2D eigenvalue weighted by molar-refractivity contribution is 6.30. The van der Waals surface area contributed by atoms with Gasteiger partial charge >= 0.3 is 5.97 Å². The molecule has 1 spiro atoms. The number of carbonyl (C=O) groups excluding carboxylic acids is 1. The van der Waals surface area contributed by atoms with Gasteiger partial charge in [-0.2, -0.15) is 0 Å². The van der Waals surface area contributed by atoms with Gasteiger partial charge in [0.15, 0.2) is 0 Å². The Morgan fingerprint density at radius 1 is 1.29 bits per heavy atom. The minimum atomic E-state index is -0.572. The maximum Gasteiger partial charge on any atom is 0.338 e. The molecule has 1 saturated carbocycles. The monoisotopic (exact) mass is 537 g/mol. The molecule has 1 fully saturated rings. The van der Waals surface area contributed by atoms with Crippen molar-refractivity contribution in [1.82, 2.24) is 0 Å². The van der Waals surface area contributed by atoms with Crippen LogP contribution in [0.2, 0.25) is 5.02 Å². The molecule has 0 saturated heterocycles. The van der Waals surface area contributed by atoms with Crippen LogP contribution in [0.15, 0.2) is 49.1 Å². The van der Waals surface area contributed by atoms with Crippen LogP contribution >= 0.6 is 11.6 Å². The van der Waals surface area contributed by atoms with Crippen LogP contribution in [0.25, 0.3) is 0 Å². The van der Waals surface area contributed by atoms with Gasteiger partial charge < -0.3 is 19.5 Å². The molecule has 5 nitrogen and oxygen atoms in total. The molecule has 1 aliphatic heterocycles. The maximum atomic E-state index is 13.0. The number of aliphatic hydroxyl groups is 1. The van der Waals surface area contributed by atoms with E-state index >= 15 is 0 Å². The van der Waals surface area contributed by atoms with Gasteiger partial charge in [-0.1, -0.05) is 23.7 Å². The van der Waals surface area contributed by atoms with E-state index in [9.17, 15) is 9.90 Å². The minimum absolute atomic E-state index is 0.178. The van der Waals surface area contributed by atoms with E-state index in [2.05, 4.69) is 23.6 Å². The van der Waals surface area contributed by atoms with Crippen LogP contribution in [0.3, 0.4) is 0 Å². The Balaban J connectivity index is 1.52. The predicted octanol–water partition coefficient (Wildman–Crippen LogP) is 6.73. The highest BCUT2D eigenvalue weighted by atomic mass is 35.5. The van der Waals surface area contributed by atoms with E-state index in [4.69, 9.17) is 21.1 Å². The molecule has 0 aromatic heterocycles. The Kier molecular flexibility index (Phi) is 7.54. The normalized spacial score (nSPS) is 25.3. The first-order valence-corrected chi connectivity index (χ1v) is 14.3. The fourth-order valence-corrected chi connectivity index (χ4v) is 6.73. The van der Waals surface area contributed by atoms with E-state index in [-0.39, 0.29) is 23.4 Å². The topological polar surface area (TPSA) is 59.0 Å². The Labute approximate surface area is 231 Å². The third kappa shape index (κ3) is 5.46. The molecule has 4 unspecified atom stereocenters. The molecule has 2 aliphatic carbocycles. The van der Waals surface area contributed by atoms with Crippen molar-refractivity contribution in [2.24, 2.45) is 11.8 Å². The number of aryl methyl sites for hydroxylation is 1. The molecule has 204 valence electrons. The number of hydrogen-bond acceptors (Lipinski definition) is 5. The summed E-state index contributed by atoms with van der Waals surface area (Å²) < 4.78 is 12.2. The van der Waals surface area contributed by atoms with E-state index < -0.39 is 5.60 Å². The van der Waals surface area contributed by atoms with Crippen LogP contribution < -0.4 is 9.64 Å². The molecular weight excluding hydrogens is 498 g/mol. The van der Waals surface area contributed by atoms with Gasteiger partial charge in [-0.15, -0.1) is 6.58 Å². The number of fused-ring (bicyclic) bond motifs is 3. The average molecular weight is 538 g/mol. The van der Waals surface area contributed by atoms with Gasteiger partial charge in [-0.3, -0.25) is 0 Å². The summed E-state index contributed by atoms with van der Waals surface area (Å²) in [5.41, 5.74) is 3.32. The lowest BCUT2D eigenvalue weighted by molar-refractivity contribution is 0.00695. The van der Waals surface area contributed by atoms with Crippen molar-refractivity contribution >= 4 is 23.3 Å². The lowest BCUT2D eigenvalue weighted by Gasteiger charge is -2.45. The van der Waals surface area contributed by atoms with Crippen molar-refractivity contribution in [2.45, 2.75) is 76.4 Å². The summed E-state index contributed by atoms with van der Waals surface area (Å²) in [6.07, 6.45) is 7.28. The second-order valence-corrected chi connectivity index (χ2v) is 12.8. The largest absolute Gasteiger partial charge is 0.490 e. The Hall–Kier alpha value is -2.50. The number of ether oxygens (including phenoxy) is 2. The number of benzene rings is 2. The number of halogens is 1. The van der Waals surface area contributed by atoms with Crippen molar-refractivity contribution < 1.29 is 19.4 Å². The van der Waals surface area contributed by atoms with E-state index in [1.807, 2.05) is 39.0 Å². The first kappa shape index (κ1) is 27.1.